The zero-order valence-electron chi connectivity index (χ0n) is 15.8. The molecule has 6 heteroatoms. The SMILES string of the molecule is CN=C(NCCCc1ccc(O)cc1)N1CCN(c2ccccc2O)CC1. The number of para-hydroxylation sites is 2. The van der Waals surface area contributed by atoms with Crippen molar-refractivity contribution in [1.82, 2.24) is 10.2 Å². The molecule has 1 aliphatic heterocycles. The Bertz CT molecular complexity index is 753. The summed E-state index contributed by atoms with van der Waals surface area (Å²) in [6, 6.07) is 14.9. The third-order valence-corrected chi connectivity index (χ3v) is 4.88. The summed E-state index contributed by atoms with van der Waals surface area (Å²) >= 11 is 0. The number of hydrogen-bond donors (Lipinski definition) is 3. The highest BCUT2D eigenvalue weighted by Gasteiger charge is 2.21. The lowest BCUT2D eigenvalue weighted by atomic mass is 10.1. The molecular weight excluding hydrogens is 340 g/mol. The number of nitrogens with zero attached hydrogens (tertiary/aromatic N) is 3. The van der Waals surface area contributed by atoms with Gasteiger partial charge in [-0.15, -0.1) is 0 Å². The Morgan fingerprint density at radius 2 is 1.70 bits per heavy atom. The van der Waals surface area contributed by atoms with Gasteiger partial charge in [0.25, 0.3) is 0 Å². The highest BCUT2D eigenvalue weighted by molar-refractivity contribution is 5.80. The van der Waals surface area contributed by atoms with E-state index >= 15 is 0 Å². The molecule has 0 spiro atoms. The maximum absolute atomic E-state index is 10.0. The van der Waals surface area contributed by atoms with Crippen LogP contribution in [0.3, 0.4) is 0 Å². The normalized spacial score (nSPS) is 15.1. The number of nitrogens with one attached hydrogen (secondary N) is 1. The number of guanidine groups is 1. The molecule has 0 saturated carbocycles. The maximum Gasteiger partial charge on any atom is 0.193 e. The fourth-order valence-corrected chi connectivity index (χ4v) is 3.38. The molecule has 144 valence electrons. The lowest BCUT2D eigenvalue weighted by Gasteiger charge is -2.37. The fourth-order valence-electron chi connectivity index (χ4n) is 3.38. The first kappa shape index (κ1) is 18.9. The van der Waals surface area contributed by atoms with Gasteiger partial charge in [-0.3, -0.25) is 4.99 Å². The number of benzene rings is 2. The molecule has 0 atom stereocenters. The fraction of sp³-hybridized carbons (Fsp3) is 0.381. The van der Waals surface area contributed by atoms with E-state index < -0.39 is 0 Å². The van der Waals surface area contributed by atoms with Gasteiger partial charge in [-0.05, 0) is 42.7 Å². The summed E-state index contributed by atoms with van der Waals surface area (Å²) in [4.78, 5) is 8.89. The standard InChI is InChI=1S/C21H28N4O2/c1-22-21(23-12-4-5-17-8-10-18(26)11-9-17)25-15-13-24(14-16-25)19-6-2-3-7-20(19)27/h2-3,6-11,26-27H,4-5,12-16H2,1H3,(H,22,23). The number of aromatic hydroxyl groups is 2. The molecule has 0 bridgehead atoms. The summed E-state index contributed by atoms with van der Waals surface area (Å²) in [6.45, 7) is 4.29. The summed E-state index contributed by atoms with van der Waals surface area (Å²) in [7, 11) is 1.82. The second-order valence-corrected chi connectivity index (χ2v) is 6.71. The van der Waals surface area contributed by atoms with E-state index in [1.165, 1.54) is 5.56 Å². The van der Waals surface area contributed by atoms with Crippen LogP contribution in [0.5, 0.6) is 11.5 Å². The van der Waals surface area contributed by atoms with Gasteiger partial charge < -0.3 is 25.3 Å². The summed E-state index contributed by atoms with van der Waals surface area (Å²) in [5, 5.41) is 22.8. The lowest BCUT2D eigenvalue weighted by molar-refractivity contribution is 0.369. The molecule has 27 heavy (non-hydrogen) atoms. The van der Waals surface area contributed by atoms with E-state index in [1.54, 1.807) is 18.2 Å². The Kier molecular flexibility index (Phi) is 6.41. The van der Waals surface area contributed by atoms with Crippen molar-refractivity contribution in [3.8, 4) is 11.5 Å². The van der Waals surface area contributed by atoms with E-state index in [1.807, 2.05) is 37.4 Å². The third-order valence-electron chi connectivity index (χ3n) is 4.88. The van der Waals surface area contributed by atoms with Crippen molar-refractivity contribution in [3.63, 3.8) is 0 Å². The molecule has 0 aromatic heterocycles. The molecule has 1 fully saturated rings. The average molecular weight is 368 g/mol. The lowest BCUT2D eigenvalue weighted by Crippen LogP contribution is -2.52. The Labute approximate surface area is 160 Å². The van der Waals surface area contributed by atoms with Gasteiger partial charge in [0.1, 0.15) is 11.5 Å². The molecule has 0 aliphatic carbocycles. The zero-order valence-corrected chi connectivity index (χ0v) is 15.8. The second kappa shape index (κ2) is 9.16. The van der Waals surface area contributed by atoms with Crippen LogP contribution in [0.15, 0.2) is 53.5 Å². The average Bonchev–Trinajstić information content (AvgIpc) is 2.70. The van der Waals surface area contributed by atoms with Crippen molar-refractivity contribution in [2.75, 3.05) is 44.7 Å². The largest absolute Gasteiger partial charge is 0.508 e. The first-order valence-corrected chi connectivity index (χ1v) is 9.44. The van der Waals surface area contributed by atoms with E-state index in [9.17, 15) is 10.2 Å². The second-order valence-electron chi connectivity index (χ2n) is 6.71. The summed E-state index contributed by atoms with van der Waals surface area (Å²) in [6.07, 6.45) is 1.97. The molecule has 3 N–H and O–H groups in total. The monoisotopic (exact) mass is 368 g/mol. The summed E-state index contributed by atoms with van der Waals surface area (Å²) < 4.78 is 0. The minimum Gasteiger partial charge on any atom is -0.508 e. The van der Waals surface area contributed by atoms with Crippen LogP contribution in [0.2, 0.25) is 0 Å². The van der Waals surface area contributed by atoms with E-state index in [-0.39, 0.29) is 0 Å². The van der Waals surface area contributed by atoms with Gasteiger partial charge in [-0.1, -0.05) is 24.3 Å². The van der Waals surface area contributed by atoms with Gasteiger partial charge in [0.05, 0.1) is 5.69 Å². The van der Waals surface area contributed by atoms with Crippen LogP contribution in [0.1, 0.15) is 12.0 Å². The zero-order chi connectivity index (χ0) is 19.1. The number of aliphatic imine (C=N–C) groups is 1. The topological polar surface area (TPSA) is 71.3 Å². The quantitative estimate of drug-likeness (QED) is 0.430. The van der Waals surface area contributed by atoms with Gasteiger partial charge >= 0.3 is 0 Å². The Hall–Kier alpha value is -2.89. The van der Waals surface area contributed by atoms with Crippen molar-refractivity contribution in [3.05, 3.63) is 54.1 Å². The van der Waals surface area contributed by atoms with Gasteiger partial charge in [0.15, 0.2) is 5.96 Å². The molecule has 0 amide bonds. The molecule has 1 heterocycles. The molecule has 0 radical (unpaired) electrons. The summed E-state index contributed by atoms with van der Waals surface area (Å²) in [5.41, 5.74) is 2.12. The smallest absolute Gasteiger partial charge is 0.193 e. The van der Waals surface area contributed by atoms with Crippen LogP contribution < -0.4 is 10.2 Å². The minimum absolute atomic E-state index is 0.306. The van der Waals surface area contributed by atoms with Gasteiger partial charge in [-0.2, -0.15) is 0 Å². The van der Waals surface area contributed by atoms with Crippen LogP contribution in [-0.2, 0) is 6.42 Å². The Balaban J connectivity index is 1.43. The van der Waals surface area contributed by atoms with Crippen molar-refractivity contribution in [1.29, 1.82) is 0 Å². The third kappa shape index (κ3) is 5.06. The predicted molar refractivity (Wildman–Crippen MR) is 110 cm³/mol. The van der Waals surface area contributed by atoms with E-state index in [0.29, 0.717) is 11.5 Å². The molecule has 6 nitrogen and oxygen atoms in total. The minimum atomic E-state index is 0.306. The first-order valence-electron chi connectivity index (χ1n) is 9.44. The number of phenolic OH excluding ortho intramolecular Hbond substituents is 2. The van der Waals surface area contributed by atoms with Gasteiger partial charge in [-0.25, -0.2) is 0 Å². The van der Waals surface area contributed by atoms with Crippen LogP contribution >= 0.6 is 0 Å². The highest BCUT2D eigenvalue weighted by Crippen LogP contribution is 2.27. The van der Waals surface area contributed by atoms with Gasteiger partial charge in [0, 0.05) is 39.8 Å². The van der Waals surface area contributed by atoms with Crippen molar-refractivity contribution in [2.45, 2.75) is 12.8 Å². The Morgan fingerprint density at radius 1 is 1.00 bits per heavy atom. The molecule has 3 rings (SSSR count). The molecular formula is C21H28N4O2. The van der Waals surface area contributed by atoms with Crippen LogP contribution in [-0.4, -0.2) is 60.8 Å². The van der Waals surface area contributed by atoms with Gasteiger partial charge in [0.2, 0.25) is 0 Å². The van der Waals surface area contributed by atoms with Crippen LogP contribution in [0, 0.1) is 0 Å². The molecule has 2 aromatic rings. The molecule has 1 aliphatic rings. The number of aryl methyl sites for hydroxylation is 1. The number of rotatable bonds is 5. The number of hydrogen-bond acceptors (Lipinski definition) is 4. The number of phenols is 2. The van der Waals surface area contributed by atoms with E-state index in [0.717, 1.165) is 57.2 Å². The predicted octanol–water partition coefficient (Wildman–Crippen LogP) is 2.43. The molecule has 1 saturated heterocycles. The Morgan fingerprint density at radius 3 is 2.37 bits per heavy atom. The van der Waals surface area contributed by atoms with Crippen LogP contribution in [0.25, 0.3) is 0 Å². The number of piperazine rings is 1. The van der Waals surface area contributed by atoms with Crippen molar-refractivity contribution in [2.24, 2.45) is 4.99 Å². The molecule has 0 unspecified atom stereocenters. The van der Waals surface area contributed by atoms with E-state index in [2.05, 4.69) is 20.1 Å². The van der Waals surface area contributed by atoms with Crippen molar-refractivity contribution >= 4 is 11.6 Å². The van der Waals surface area contributed by atoms with Crippen LogP contribution in [0.4, 0.5) is 5.69 Å². The van der Waals surface area contributed by atoms with E-state index in [4.69, 9.17) is 0 Å². The van der Waals surface area contributed by atoms with Crippen molar-refractivity contribution < 1.29 is 10.2 Å². The number of anilines is 1. The molecule has 2 aromatic carbocycles. The maximum atomic E-state index is 10.0. The highest BCUT2D eigenvalue weighted by atomic mass is 16.3. The first-order chi connectivity index (χ1) is 13.2. The summed E-state index contributed by atoms with van der Waals surface area (Å²) in [5.74, 6) is 1.57.